The summed E-state index contributed by atoms with van der Waals surface area (Å²) in [5.74, 6) is -0.0337. The number of para-hydroxylation sites is 1. The molecule has 0 atom stereocenters. The van der Waals surface area contributed by atoms with Gasteiger partial charge in [0.1, 0.15) is 5.01 Å². The second-order valence-corrected chi connectivity index (χ2v) is 7.33. The molecule has 0 aliphatic rings. The van der Waals surface area contributed by atoms with Gasteiger partial charge in [0.05, 0.1) is 12.1 Å². The molecule has 134 valence electrons. The van der Waals surface area contributed by atoms with Crippen LogP contribution in [0.25, 0.3) is 10.6 Å². The fourth-order valence-electron chi connectivity index (χ4n) is 2.86. The van der Waals surface area contributed by atoms with Crippen LogP contribution in [0.2, 0.25) is 5.02 Å². The van der Waals surface area contributed by atoms with E-state index in [4.69, 9.17) is 11.6 Å². The van der Waals surface area contributed by atoms with E-state index in [9.17, 15) is 4.79 Å². The number of carbonyl (C=O) groups is 1. The summed E-state index contributed by atoms with van der Waals surface area (Å²) in [7, 11) is 0. The van der Waals surface area contributed by atoms with Crippen molar-refractivity contribution in [3.63, 3.8) is 0 Å². The number of thiazole rings is 1. The van der Waals surface area contributed by atoms with Gasteiger partial charge in [-0.05, 0) is 36.1 Å². The number of carbonyl (C=O) groups excluding carboxylic acids is 1. The molecule has 1 amide bonds. The zero-order valence-corrected chi connectivity index (χ0v) is 16.5. The van der Waals surface area contributed by atoms with Crippen LogP contribution < -0.4 is 5.32 Å². The van der Waals surface area contributed by atoms with Crippen molar-refractivity contribution in [2.75, 3.05) is 5.32 Å². The van der Waals surface area contributed by atoms with Crippen molar-refractivity contribution in [2.45, 2.75) is 33.1 Å². The average Bonchev–Trinajstić information content (AvgIpc) is 3.10. The largest absolute Gasteiger partial charge is 0.325 e. The maximum atomic E-state index is 12.5. The Bertz CT molecular complexity index is 880. The van der Waals surface area contributed by atoms with Crippen LogP contribution in [0.15, 0.2) is 47.8 Å². The summed E-state index contributed by atoms with van der Waals surface area (Å²) < 4.78 is 0. The molecule has 0 radical (unpaired) electrons. The maximum absolute atomic E-state index is 12.5. The first kappa shape index (κ1) is 18.6. The van der Waals surface area contributed by atoms with E-state index in [2.05, 4.69) is 36.3 Å². The van der Waals surface area contributed by atoms with Gasteiger partial charge in [-0.2, -0.15) is 0 Å². The molecular formula is C21H21ClN2OS. The standard InChI is InChI=1S/C21H21ClN2OS/c1-3-14-6-5-7-15(4-2)20(14)24-19(25)12-18-13-26-21(23-18)16-8-10-17(22)11-9-16/h5-11,13H,3-4,12H2,1-2H3,(H,24,25). The first-order chi connectivity index (χ1) is 12.6. The number of aromatic nitrogens is 1. The van der Waals surface area contributed by atoms with Crippen molar-refractivity contribution in [3.8, 4) is 10.6 Å². The Morgan fingerprint density at radius 1 is 1.08 bits per heavy atom. The van der Waals surface area contributed by atoms with E-state index in [1.807, 2.05) is 35.7 Å². The van der Waals surface area contributed by atoms with E-state index in [1.54, 1.807) is 0 Å². The molecule has 3 aromatic rings. The van der Waals surface area contributed by atoms with E-state index >= 15 is 0 Å². The second-order valence-electron chi connectivity index (χ2n) is 6.03. The third-order valence-electron chi connectivity index (χ3n) is 4.25. The molecule has 0 bridgehead atoms. The van der Waals surface area contributed by atoms with Crippen LogP contribution in [-0.4, -0.2) is 10.9 Å². The Balaban J connectivity index is 1.73. The first-order valence-electron chi connectivity index (χ1n) is 8.71. The number of amides is 1. The fraction of sp³-hybridized carbons (Fsp3) is 0.238. The van der Waals surface area contributed by atoms with Crippen LogP contribution in [0.1, 0.15) is 30.7 Å². The number of hydrogen-bond acceptors (Lipinski definition) is 3. The highest BCUT2D eigenvalue weighted by atomic mass is 35.5. The molecule has 2 aromatic carbocycles. The molecule has 0 fully saturated rings. The zero-order chi connectivity index (χ0) is 18.5. The molecule has 0 aliphatic carbocycles. The Labute approximate surface area is 163 Å². The third kappa shape index (κ3) is 4.32. The lowest BCUT2D eigenvalue weighted by Crippen LogP contribution is -2.17. The summed E-state index contributed by atoms with van der Waals surface area (Å²) in [4.78, 5) is 17.1. The molecule has 1 aromatic heterocycles. The molecule has 3 rings (SSSR count). The van der Waals surface area contributed by atoms with Gasteiger partial charge in [-0.3, -0.25) is 4.79 Å². The van der Waals surface area contributed by atoms with Gasteiger partial charge in [0.15, 0.2) is 0 Å². The van der Waals surface area contributed by atoms with Gasteiger partial charge < -0.3 is 5.32 Å². The number of anilines is 1. The van der Waals surface area contributed by atoms with E-state index < -0.39 is 0 Å². The van der Waals surface area contributed by atoms with Crippen LogP contribution in [0.5, 0.6) is 0 Å². The van der Waals surface area contributed by atoms with Gasteiger partial charge >= 0.3 is 0 Å². The lowest BCUT2D eigenvalue weighted by Gasteiger charge is -2.14. The quantitative estimate of drug-likeness (QED) is 0.586. The van der Waals surface area contributed by atoms with Crippen LogP contribution >= 0.6 is 22.9 Å². The van der Waals surface area contributed by atoms with E-state index in [0.29, 0.717) is 5.02 Å². The van der Waals surface area contributed by atoms with Gasteiger partial charge in [-0.1, -0.05) is 55.8 Å². The minimum absolute atomic E-state index is 0.0337. The summed E-state index contributed by atoms with van der Waals surface area (Å²) >= 11 is 7.47. The maximum Gasteiger partial charge on any atom is 0.230 e. The number of rotatable bonds is 6. The van der Waals surface area contributed by atoms with Gasteiger partial charge in [-0.25, -0.2) is 4.98 Å². The van der Waals surface area contributed by atoms with Gasteiger partial charge in [0, 0.05) is 21.7 Å². The average molecular weight is 385 g/mol. The zero-order valence-electron chi connectivity index (χ0n) is 14.9. The van der Waals surface area contributed by atoms with Crippen molar-refractivity contribution in [1.82, 2.24) is 4.98 Å². The third-order valence-corrected chi connectivity index (χ3v) is 5.44. The summed E-state index contributed by atoms with van der Waals surface area (Å²) in [5.41, 5.74) is 5.08. The second kappa shape index (κ2) is 8.47. The molecule has 3 nitrogen and oxygen atoms in total. The van der Waals surface area contributed by atoms with Gasteiger partial charge in [0.25, 0.3) is 0 Å². The van der Waals surface area contributed by atoms with Crippen molar-refractivity contribution < 1.29 is 4.79 Å². The molecule has 1 heterocycles. The molecule has 0 saturated heterocycles. The molecule has 26 heavy (non-hydrogen) atoms. The predicted molar refractivity (Wildman–Crippen MR) is 110 cm³/mol. The molecule has 0 spiro atoms. The number of nitrogens with zero attached hydrogens (tertiary/aromatic N) is 1. The highest BCUT2D eigenvalue weighted by Gasteiger charge is 2.13. The monoisotopic (exact) mass is 384 g/mol. The van der Waals surface area contributed by atoms with Crippen molar-refractivity contribution in [3.05, 3.63) is 69.7 Å². The molecule has 1 N–H and O–H groups in total. The molecule has 0 aliphatic heterocycles. The minimum atomic E-state index is -0.0337. The van der Waals surface area contributed by atoms with E-state index in [0.717, 1.165) is 45.9 Å². The highest BCUT2D eigenvalue weighted by molar-refractivity contribution is 7.13. The van der Waals surface area contributed by atoms with E-state index in [1.165, 1.54) is 11.3 Å². The summed E-state index contributed by atoms with van der Waals surface area (Å²) in [6, 6.07) is 13.8. The lowest BCUT2D eigenvalue weighted by molar-refractivity contribution is -0.115. The predicted octanol–water partition coefficient (Wildman–Crippen LogP) is 5.77. The van der Waals surface area contributed by atoms with Crippen molar-refractivity contribution in [2.24, 2.45) is 0 Å². The Hall–Kier alpha value is -2.17. The number of nitrogens with one attached hydrogen (secondary N) is 1. The number of hydrogen-bond donors (Lipinski definition) is 1. The highest BCUT2D eigenvalue weighted by Crippen LogP contribution is 2.26. The summed E-state index contributed by atoms with van der Waals surface area (Å²) in [6.07, 6.45) is 2.05. The smallest absolute Gasteiger partial charge is 0.230 e. The van der Waals surface area contributed by atoms with Gasteiger partial charge in [-0.15, -0.1) is 11.3 Å². The minimum Gasteiger partial charge on any atom is -0.325 e. The molecular weight excluding hydrogens is 364 g/mol. The summed E-state index contributed by atoms with van der Waals surface area (Å²) in [6.45, 7) is 4.20. The first-order valence-corrected chi connectivity index (χ1v) is 9.97. The lowest BCUT2D eigenvalue weighted by atomic mass is 10.0. The molecule has 5 heteroatoms. The van der Waals surface area contributed by atoms with Crippen LogP contribution in [0.3, 0.4) is 0 Å². The Kier molecular flexibility index (Phi) is 6.07. The number of aryl methyl sites for hydroxylation is 2. The van der Waals surface area contributed by atoms with Crippen LogP contribution in [0, 0.1) is 0 Å². The van der Waals surface area contributed by atoms with Crippen molar-refractivity contribution in [1.29, 1.82) is 0 Å². The summed E-state index contributed by atoms with van der Waals surface area (Å²) in [5, 5.41) is 6.63. The Morgan fingerprint density at radius 3 is 2.35 bits per heavy atom. The normalized spacial score (nSPS) is 10.7. The van der Waals surface area contributed by atoms with E-state index in [-0.39, 0.29) is 12.3 Å². The SMILES string of the molecule is CCc1cccc(CC)c1NC(=O)Cc1csc(-c2ccc(Cl)cc2)n1. The number of halogens is 1. The topological polar surface area (TPSA) is 42.0 Å². The molecule has 0 saturated carbocycles. The molecule has 0 unspecified atom stereocenters. The van der Waals surface area contributed by atoms with Gasteiger partial charge in [0.2, 0.25) is 5.91 Å². The van der Waals surface area contributed by atoms with Crippen LogP contribution in [0.4, 0.5) is 5.69 Å². The fourth-order valence-corrected chi connectivity index (χ4v) is 3.82. The van der Waals surface area contributed by atoms with Crippen molar-refractivity contribution >= 4 is 34.5 Å². The number of benzene rings is 2. The Morgan fingerprint density at radius 2 is 1.73 bits per heavy atom. The van der Waals surface area contributed by atoms with Crippen LogP contribution in [-0.2, 0) is 24.1 Å².